The fourth-order valence-electron chi connectivity index (χ4n) is 10.4. The molecule has 0 unspecified atom stereocenters. The summed E-state index contributed by atoms with van der Waals surface area (Å²) in [7, 11) is -12.5. The van der Waals surface area contributed by atoms with E-state index in [9.17, 15) is 47.8 Å². The van der Waals surface area contributed by atoms with Gasteiger partial charge in [-0.3, -0.25) is 32.5 Å². The monoisotopic (exact) mass is 1810 g/mol. The van der Waals surface area contributed by atoms with Gasteiger partial charge in [0.15, 0.2) is 11.7 Å². The number of carboxylic acid groups (broad SMARTS) is 1. The van der Waals surface area contributed by atoms with Crippen molar-refractivity contribution in [3.8, 4) is 0 Å². The highest BCUT2D eigenvalue weighted by Gasteiger charge is 2.44. The number of benzene rings is 3. The molecule has 0 aliphatic carbocycles. The van der Waals surface area contributed by atoms with E-state index in [1.807, 2.05) is 41.5 Å². The summed E-state index contributed by atoms with van der Waals surface area (Å²) in [5, 5.41) is 19.1. The van der Waals surface area contributed by atoms with Crippen LogP contribution in [0.15, 0.2) is 91.0 Å². The summed E-state index contributed by atoms with van der Waals surface area (Å²) in [6.45, 7) is 22.3. The Morgan fingerprint density at radius 3 is 0.911 bits per heavy atom. The number of rotatable bonds is 69. The smallest absolute Gasteiger partial charge is 0.481 e. The quantitative estimate of drug-likeness (QED) is 0.00650. The molecule has 0 amide bonds. The first-order valence-electron chi connectivity index (χ1n) is 45.0. The third-order valence-corrected chi connectivity index (χ3v) is 19.7. The van der Waals surface area contributed by atoms with Crippen molar-refractivity contribution in [1.82, 2.24) is 0 Å². The second kappa shape index (κ2) is 81.8. The van der Waals surface area contributed by atoms with Crippen LogP contribution in [0.2, 0.25) is 0 Å². The number of carboxylic acids is 1. The van der Waals surface area contributed by atoms with Crippen LogP contribution in [0, 0.1) is 0 Å². The van der Waals surface area contributed by atoms with E-state index in [0.717, 1.165) is 109 Å². The van der Waals surface area contributed by atoms with Crippen molar-refractivity contribution in [2.45, 2.75) is 344 Å². The molecule has 30 nitrogen and oxygen atoms in total. The number of aliphatic carboxylic acids is 1. The largest absolute Gasteiger partial charge is 0.668 e. The second-order valence-electron chi connectivity index (χ2n) is 29.5. The number of hydrogen-bond acceptors (Lipinski definition) is 27. The van der Waals surface area contributed by atoms with Crippen molar-refractivity contribution < 1.29 is 143 Å². The minimum atomic E-state index is -4.62. The summed E-state index contributed by atoms with van der Waals surface area (Å²) in [4.78, 5) is 130. The number of hydrogen-bond donors (Lipinski definition) is 8. The fourth-order valence-corrected chi connectivity index (χ4v) is 12.0. The second-order valence-corrected chi connectivity index (χ2v) is 33.6. The van der Waals surface area contributed by atoms with Crippen molar-refractivity contribution in [2.75, 3.05) is 79.3 Å². The molecule has 0 saturated heterocycles. The third kappa shape index (κ3) is 78.1. The van der Waals surface area contributed by atoms with Crippen molar-refractivity contribution >= 4 is 66.5 Å². The maximum atomic E-state index is 12.4. The number of phosphoric acid groups is 2. The molecule has 0 radical (unpaired) electrons. The zero-order chi connectivity index (χ0) is 92.4. The van der Waals surface area contributed by atoms with Gasteiger partial charge in [0.25, 0.3) is 0 Å². The average molecular weight is 1810 g/mol. The normalized spacial score (nSPS) is 11.3. The van der Waals surface area contributed by atoms with E-state index in [1.54, 1.807) is 91.0 Å². The van der Waals surface area contributed by atoms with E-state index < -0.39 is 104 Å². The highest BCUT2D eigenvalue weighted by Crippen LogP contribution is 2.50. The van der Waals surface area contributed by atoms with Crippen LogP contribution in [0.25, 0.3) is 0 Å². The molecule has 8 N–H and O–H groups in total. The van der Waals surface area contributed by atoms with Crippen molar-refractivity contribution in [1.29, 1.82) is 0 Å². The summed E-state index contributed by atoms with van der Waals surface area (Å²) in [5.74, 6) is -6.43. The van der Waals surface area contributed by atoms with Gasteiger partial charge in [0.2, 0.25) is 0 Å². The zero-order valence-electron chi connectivity index (χ0n) is 76.0. The summed E-state index contributed by atoms with van der Waals surface area (Å²) < 4.78 is 91.4. The molecular weight excluding hydrogens is 1650 g/mol. The summed E-state index contributed by atoms with van der Waals surface area (Å²) >= 11 is 0. The molecule has 0 saturated carbocycles. The Bertz CT molecular complexity index is 2960. The van der Waals surface area contributed by atoms with Gasteiger partial charge in [0, 0.05) is 6.42 Å². The summed E-state index contributed by atoms with van der Waals surface area (Å²) in [6, 6.07) is 25.3. The number of phosphoric ester groups is 2. The average Bonchev–Trinajstić information content (AvgIpc) is 0.861. The van der Waals surface area contributed by atoms with E-state index in [1.165, 1.54) is 109 Å². The van der Waals surface area contributed by atoms with Gasteiger partial charge in [-0.25, -0.2) is 28.3 Å². The first kappa shape index (κ1) is 121. The van der Waals surface area contributed by atoms with Crippen LogP contribution in [0.1, 0.15) is 357 Å². The Morgan fingerprint density at radius 2 is 0.618 bits per heavy atom. The number of carbonyl (C=O) groups is 7. The molecule has 3 rings (SSSR count). The molecule has 712 valence electrons. The molecule has 0 spiro atoms. The molecule has 33 heteroatoms. The van der Waals surface area contributed by atoms with Gasteiger partial charge in [-0.2, -0.15) is 0 Å². The van der Waals surface area contributed by atoms with Crippen LogP contribution < -0.4 is 0 Å². The van der Waals surface area contributed by atoms with Crippen LogP contribution in [0.4, 0.5) is 0 Å². The topological polar surface area (TPSA) is 435 Å². The number of esters is 6. The molecular formula is C90H158O30P2Si. The minimum absolute atomic E-state index is 0.118. The summed E-state index contributed by atoms with van der Waals surface area (Å²) in [6.07, 6.45) is 39.2. The highest BCUT2D eigenvalue weighted by molar-refractivity contribution is 7.48. The lowest BCUT2D eigenvalue weighted by Crippen LogP contribution is -2.45. The maximum absolute atomic E-state index is 12.4. The van der Waals surface area contributed by atoms with E-state index in [4.69, 9.17) is 90.3 Å². The number of unbranched alkanes of at least 4 members (excludes halogenated alkanes) is 27. The minimum Gasteiger partial charge on any atom is -0.481 e. The van der Waals surface area contributed by atoms with Crippen LogP contribution in [-0.4, -0.2) is 187 Å². The first-order valence-corrected chi connectivity index (χ1v) is 49.8. The standard InChI is InChI=1S/C24H20O6.C22H44O2.C18H32O7.C14H31O7P.C12H27O4P.H4O4Si/c25-22(18-10-4-1-5-11-18)28-16-21(30-24(27)20-14-8-3-9-15-20)17-29-23(26)19-12-6-2-7-13-19;1-2-3-4-5-6-7-8-9-10-11-12-13-14-15-16-17-18-19-20-21-22(23)24;1-4-7-10-23-15(19)13-18(22,17(21)25-12-9-6-3)14-16(20)24-11-8-5-2;1-4-7-10-18-14(19-11-8-5-2,20-12-9-6-3)13-21-22(15,16)17;1-4-7-10-14-17(13,15-11-8-5-2)16-12-9-6-3;1-5(2,3)4/h1-15,21H,16-17H2;2-21H2,1H3,(H,23,24);22H,4-14H2,1-3H3;4-13H2,1-3H3,(H2,15,16,17);4-12H2,1-3H3;1-4H. The predicted molar refractivity (Wildman–Crippen MR) is 475 cm³/mol. The van der Waals surface area contributed by atoms with Gasteiger partial charge in [-0.05, 0) is 101 Å². The van der Waals surface area contributed by atoms with E-state index >= 15 is 0 Å². The van der Waals surface area contributed by atoms with Crippen molar-refractivity contribution in [3.05, 3.63) is 108 Å². The molecule has 3 aromatic carbocycles. The SMILES string of the molecule is CCCCCCCCCCCCCCCCCCCCCC(=O)O.CCCCOC(=O)CC(O)(CC(=O)OCCCC)C(=O)OCCCC.CCCCOC(COP(=O)(O)O)(OCCCC)OCCCC.CCCCOP(=O)(OCCCC)OCCCC.O=C(OCC(COC(=O)c1ccccc1)OC(=O)c1ccccc1)c1ccccc1.O[Si](O)(O)O. The molecule has 0 aliphatic rings. The Labute approximate surface area is 736 Å². The highest BCUT2D eigenvalue weighted by atomic mass is 31.2. The van der Waals surface area contributed by atoms with Gasteiger partial charge in [0.1, 0.15) is 19.8 Å². The third-order valence-electron chi connectivity index (χ3n) is 17.7. The predicted octanol–water partition coefficient (Wildman–Crippen LogP) is 19.5. The molecule has 0 aliphatic heterocycles. The molecule has 0 bridgehead atoms. The molecule has 0 aromatic heterocycles. The van der Waals surface area contributed by atoms with Crippen LogP contribution in [-0.2, 0) is 89.0 Å². The zero-order valence-corrected chi connectivity index (χ0v) is 78.7. The van der Waals surface area contributed by atoms with Gasteiger partial charge in [-0.1, -0.05) is 297 Å². The van der Waals surface area contributed by atoms with Gasteiger partial charge >= 0.3 is 72.5 Å². The van der Waals surface area contributed by atoms with Gasteiger partial charge in [0.05, 0.1) is 89.0 Å². The van der Waals surface area contributed by atoms with Gasteiger partial charge < -0.3 is 81.8 Å². The lowest BCUT2D eigenvalue weighted by molar-refractivity contribution is -0.390. The Morgan fingerprint density at radius 1 is 0.350 bits per heavy atom. The van der Waals surface area contributed by atoms with Crippen molar-refractivity contribution in [3.63, 3.8) is 0 Å². The lowest BCUT2D eigenvalue weighted by atomic mass is 9.95. The van der Waals surface area contributed by atoms with Crippen LogP contribution in [0.5, 0.6) is 0 Å². The first-order chi connectivity index (χ1) is 58.9. The Hall–Kier alpha value is -5.93. The molecule has 0 fully saturated rings. The molecule has 123 heavy (non-hydrogen) atoms. The van der Waals surface area contributed by atoms with E-state index in [0.29, 0.717) is 82.0 Å². The fraction of sp³-hybridized carbons (Fsp3) is 0.722. The Kier molecular flexibility index (Phi) is 80.6. The molecule has 0 atom stereocenters. The lowest BCUT2D eigenvalue weighted by Gasteiger charge is -2.33. The van der Waals surface area contributed by atoms with E-state index in [2.05, 4.69) is 32.2 Å². The van der Waals surface area contributed by atoms with Gasteiger partial charge in [-0.15, -0.1) is 0 Å². The maximum Gasteiger partial charge on any atom is 0.668 e. The van der Waals surface area contributed by atoms with Crippen LogP contribution >= 0.6 is 15.6 Å². The number of ether oxygens (including phenoxy) is 9. The molecule has 3 aromatic rings. The number of carbonyl (C=O) groups excluding carboxylic acids is 6. The van der Waals surface area contributed by atoms with Crippen LogP contribution in [0.3, 0.4) is 0 Å². The van der Waals surface area contributed by atoms with Crippen molar-refractivity contribution in [2.24, 2.45) is 0 Å². The Balaban J connectivity index is -0.00000146. The summed E-state index contributed by atoms with van der Waals surface area (Å²) in [5.41, 5.74) is -1.19. The van der Waals surface area contributed by atoms with E-state index in [-0.39, 0.29) is 33.0 Å². The number of aliphatic hydroxyl groups is 1. The molecule has 0 heterocycles.